The molecule has 63 heavy (non-hydrogen) atoms. The number of esters is 1. The molecule has 0 saturated carbocycles. The van der Waals surface area contributed by atoms with Crippen LogP contribution >= 0.6 is 0 Å². The number of carbonyl (C=O) groups is 2. The summed E-state index contributed by atoms with van der Waals surface area (Å²) < 4.78 is 5.92. The molecule has 3 atom stereocenters. The zero-order chi connectivity index (χ0) is 45.9. The van der Waals surface area contributed by atoms with Gasteiger partial charge in [0.1, 0.15) is 6.10 Å². The zero-order valence-corrected chi connectivity index (χ0v) is 41.4. The van der Waals surface area contributed by atoms with Gasteiger partial charge in [0.25, 0.3) is 0 Å². The second kappa shape index (κ2) is 50.3. The first-order valence-electron chi connectivity index (χ1n) is 26.7. The maximum absolute atomic E-state index is 13.2. The topological polar surface area (TPSA) is 95.9 Å². The Hall–Kier alpha value is -2.70. The molecule has 3 unspecified atom stereocenters. The first-order chi connectivity index (χ1) is 31.0. The Labute approximate surface area is 390 Å². The highest BCUT2D eigenvalue weighted by Crippen LogP contribution is 2.17. The maximum atomic E-state index is 13.2. The molecule has 364 valence electrons. The van der Waals surface area contributed by atoms with Gasteiger partial charge in [-0.2, -0.15) is 0 Å². The van der Waals surface area contributed by atoms with E-state index in [4.69, 9.17) is 4.74 Å². The standard InChI is InChI=1S/C57H101NO5/c1-4-7-10-13-16-19-22-24-26-27-28-29-31-33-35-38-41-44-47-50-57(62)63-53(48-45-42-39-36-34-32-30-25-23-20-17-14-11-8-5-2)51-56(61)58-54(52-59)55(60)49-46-43-40-37-21-18-15-12-9-6-3/h16-17,19-20,24-26,28-30,33,35,53-55,59-60H,4-15,18,21-23,27,31-32,34,36-52H2,1-3H3,(H,58,61)/b19-16-,20-17-,26-24-,29-28-,30-25-,35-33-. The van der Waals surface area contributed by atoms with Gasteiger partial charge in [-0.3, -0.25) is 9.59 Å². The van der Waals surface area contributed by atoms with E-state index in [1.165, 1.54) is 103 Å². The van der Waals surface area contributed by atoms with E-state index in [1.807, 2.05) is 0 Å². The molecular weight excluding hydrogens is 779 g/mol. The normalized spacial score (nSPS) is 13.8. The first kappa shape index (κ1) is 60.3. The molecule has 0 radical (unpaired) electrons. The Morgan fingerprint density at radius 2 is 0.810 bits per heavy atom. The molecule has 0 spiro atoms. The average molecular weight is 880 g/mol. The summed E-state index contributed by atoms with van der Waals surface area (Å²) in [6.07, 6.45) is 63.9. The number of carbonyl (C=O) groups excluding carboxylic acids is 2. The minimum Gasteiger partial charge on any atom is -0.462 e. The fourth-order valence-corrected chi connectivity index (χ4v) is 7.68. The lowest BCUT2D eigenvalue weighted by atomic mass is 10.0. The van der Waals surface area contributed by atoms with Crippen LogP contribution in [0.15, 0.2) is 72.9 Å². The monoisotopic (exact) mass is 880 g/mol. The van der Waals surface area contributed by atoms with E-state index in [0.717, 1.165) is 103 Å². The van der Waals surface area contributed by atoms with Crippen molar-refractivity contribution in [2.75, 3.05) is 6.61 Å². The maximum Gasteiger partial charge on any atom is 0.306 e. The molecule has 0 aromatic heterocycles. The van der Waals surface area contributed by atoms with Crippen LogP contribution in [-0.2, 0) is 14.3 Å². The van der Waals surface area contributed by atoms with Crippen LogP contribution in [0.25, 0.3) is 0 Å². The van der Waals surface area contributed by atoms with Gasteiger partial charge in [-0.1, -0.05) is 209 Å². The molecule has 0 saturated heterocycles. The lowest BCUT2D eigenvalue weighted by molar-refractivity contribution is -0.151. The number of amides is 1. The van der Waals surface area contributed by atoms with Gasteiger partial charge in [0.15, 0.2) is 0 Å². The predicted octanol–water partition coefficient (Wildman–Crippen LogP) is 16.2. The van der Waals surface area contributed by atoms with E-state index in [2.05, 4.69) is 99.0 Å². The second-order valence-electron chi connectivity index (χ2n) is 17.9. The number of hydrogen-bond acceptors (Lipinski definition) is 5. The van der Waals surface area contributed by atoms with Gasteiger partial charge in [-0.15, -0.1) is 0 Å². The Morgan fingerprint density at radius 3 is 1.25 bits per heavy atom. The summed E-state index contributed by atoms with van der Waals surface area (Å²) in [6, 6.07) is -0.715. The number of allylic oxidation sites excluding steroid dienone is 12. The molecule has 0 fully saturated rings. The lowest BCUT2D eigenvalue weighted by Crippen LogP contribution is -2.46. The number of aliphatic hydroxyl groups is 2. The van der Waals surface area contributed by atoms with Crippen LogP contribution in [0.4, 0.5) is 0 Å². The van der Waals surface area contributed by atoms with Crippen molar-refractivity contribution in [3.8, 4) is 0 Å². The molecule has 0 aliphatic rings. The summed E-state index contributed by atoms with van der Waals surface area (Å²) in [6.45, 7) is 6.41. The Bertz CT molecular complexity index is 1170. The molecule has 0 rings (SSSR count). The molecule has 0 aromatic carbocycles. The summed E-state index contributed by atoms with van der Waals surface area (Å²) in [5.41, 5.74) is 0. The fraction of sp³-hybridized carbons (Fsp3) is 0.754. The van der Waals surface area contributed by atoms with E-state index < -0.39 is 18.2 Å². The molecule has 0 bridgehead atoms. The Balaban J connectivity index is 4.66. The fourth-order valence-electron chi connectivity index (χ4n) is 7.68. The van der Waals surface area contributed by atoms with E-state index in [9.17, 15) is 19.8 Å². The summed E-state index contributed by atoms with van der Waals surface area (Å²) in [5.74, 6) is -0.525. The largest absolute Gasteiger partial charge is 0.462 e. The highest BCUT2D eigenvalue weighted by Gasteiger charge is 2.24. The molecule has 0 aliphatic heterocycles. The van der Waals surface area contributed by atoms with Gasteiger partial charge < -0.3 is 20.3 Å². The molecule has 0 heterocycles. The van der Waals surface area contributed by atoms with Crippen molar-refractivity contribution < 1.29 is 24.5 Å². The third kappa shape index (κ3) is 45.7. The van der Waals surface area contributed by atoms with E-state index in [0.29, 0.717) is 19.3 Å². The van der Waals surface area contributed by atoms with Gasteiger partial charge in [-0.05, 0) is 103 Å². The van der Waals surface area contributed by atoms with E-state index in [1.54, 1.807) is 0 Å². The summed E-state index contributed by atoms with van der Waals surface area (Å²) >= 11 is 0. The number of ether oxygens (including phenoxy) is 1. The van der Waals surface area contributed by atoms with Crippen molar-refractivity contribution in [3.05, 3.63) is 72.9 Å². The van der Waals surface area contributed by atoms with Crippen LogP contribution in [0, 0.1) is 0 Å². The van der Waals surface area contributed by atoms with Crippen LogP contribution in [0.5, 0.6) is 0 Å². The zero-order valence-electron chi connectivity index (χ0n) is 41.4. The second-order valence-corrected chi connectivity index (χ2v) is 17.9. The predicted molar refractivity (Wildman–Crippen MR) is 273 cm³/mol. The van der Waals surface area contributed by atoms with Crippen molar-refractivity contribution in [2.45, 2.75) is 270 Å². The van der Waals surface area contributed by atoms with Crippen molar-refractivity contribution in [1.29, 1.82) is 0 Å². The van der Waals surface area contributed by atoms with Crippen LogP contribution in [-0.4, -0.2) is 46.9 Å². The number of nitrogens with one attached hydrogen (secondary N) is 1. The number of rotatable bonds is 47. The number of aliphatic hydroxyl groups excluding tert-OH is 2. The Morgan fingerprint density at radius 1 is 0.460 bits per heavy atom. The number of unbranched alkanes of at least 4 members (excludes halogenated alkanes) is 23. The summed E-state index contributed by atoms with van der Waals surface area (Å²) in [4.78, 5) is 26.2. The average Bonchev–Trinajstić information content (AvgIpc) is 3.28. The molecule has 6 nitrogen and oxygen atoms in total. The lowest BCUT2D eigenvalue weighted by Gasteiger charge is -2.24. The smallest absolute Gasteiger partial charge is 0.306 e. The van der Waals surface area contributed by atoms with Gasteiger partial charge in [-0.25, -0.2) is 0 Å². The van der Waals surface area contributed by atoms with Crippen LogP contribution in [0.1, 0.15) is 252 Å². The van der Waals surface area contributed by atoms with E-state index in [-0.39, 0.29) is 24.9 Å². The first-order valence-corrected chi connectivity index (χ1v) is 26.7. The van der Waals surface area contributed by atoms with Crippen molar-refractivity contribution in [1.82, 2.24) is 5.32 Å². The molecule has 6 heteroatoms. The van der Waals surface area contributed by atoms with Crippen LogP contribution in [0.2, 0.25) is 0 Å². The van der Waals surface area contributed by atoms with Crippen molar-refractivity contribution in [2.24, 2.45) is 0 Å². The highest BCUT2D eigenvalue weighted by molar-refractivity contribution is 5.77. The minimum absolute atomic E-state index is 0.0527. The Kier molecular flexibility index (Phi) is 48.1. The third-order valence-electron chi connectivity index (χ3n) is 11.8. The van der Waals surface area contributed by atoms with Crippen LogP contribution < -0.4 is 5.32 Å². The van der Waals surface area contributed by atoms with Crippen molar-refractivity contribution >= 4 is 11.9 Å². The molecule has 3 N–H and O–H groups in total. The molecule has 0 aliphatic carbocycles. The minimum atomic E-state index is -0.799. The summed E-state index contributed by atoms with van der Waals surface area (Å²) in [7, 11) is 0. The van der Waals surface area contributed by atoms with Crippen LogP contribution in [0.3, 0.4) is 0 Å². The number of hydrogen-bond donors (Lipinski definition) is 3. The van der Waals surface area contributed by atoms with Gasteiger partial charge >= 0.3 is 5.97 Å². The van der Waals surface area contributed by atoms with E-state index >= 15 is 0 Å². The van der Waals surface area contributed by atoms with Gasteiger partial charge in [0.05, 0.1) is 25.2 Å². The molecule has 1 amide bonds. The summed E-state index contributed by atoms with van der Waals surface area (Å²) in [5, 5.41) is 23.7. The van der Waals surface area contributed by atoms with Gasteiger partial charge in [0, 0.05) is 6.42 Å². The quantitative estimate of drug-likeness (QED) is 0.0321. The molecule has 0 aromatic rings. The molecular formula is C57H101NO5. The SMILES string of the molecule is CCCCC/C=C\C/C=C\C/C=C\C/C=C\CCCCCC(=O)OC(CCCCCCC/C=C\C/C=C\CCCCC)CC(=O)NC(CO)C(O)CCCCCCCCCCCC. The van der Waals surface area contributed by atoms with Gasteiger partial charge in [0.2, 0.25) is 5.91 Å². The third-order valence-corrected chi connectivity index (χ3v) is 11.8. The highest BCUT2D eigenvalue weighted by atomic mass is 16.5. The van der Waals surface area contributed by atoms with Crippen molar-refractivity contribution in [3.63, 3.8) is 0 Å².